The highest BCUT2D eigenvalue weighted by molar-refractivity contribution is 5.77. The highest BCUT2D eigenvalue weighted by Gasteiger charge is 2.05. The van der Waals surface area contributed by atoms with Crippen LogP contribution < -0.4 is 19.5 Å². The van der Waals surface area contributed by atoms with Gasteiger partial charge in [0.05, 0.1) is 13.7 Å². The van der Waals surface area contributed by atoms with E-state index in [2.05, 4.69) is 5.32 Å². The standard InChI is InChI=1S/C17H18FNO4/c1-21-13-6-8-14(9-7-13)22-11-10-19-17(20)12-23-16-5-3-2-4-15(16)18/h2-9H,10-12H2,1H3,(H,19,20). The summed E-state index contributed by atoms with van der Waals surface area (Å²) in [6.45, 7) is 0.396. The van der Waals surface area contributed by atoms with Crippen molar-refractivity contribution in [3.8, 4) is 17.2 Å². The highest BCUT2D eigenvalue weighted by Crippen LogP contribution is 2.17. The van der Waals surface area contributed by atoms with Crippen molar-refractivity contribution in [1.82, 2.24) is 5.32 Å². The number of benzene rings is 2. The Kier molecular flexibility index (Phi) is 6.23. The van der Waals surface area contributed by atoms with Crippen LogP contribution in [0.3, 0.4) is 0 Å². The zero-order chi connectivity index (χ0) is 16.5. The fraction of sp³-hybridized carbons (Fsp3) is 0.235. The summed E-state index contributed by atoms with van der Waals surface area (Å²) in [7, 11) is 1.59. The summed E-state index contributed by atoms with van der Waals surface area (Å²) in [5.41, 5.74) is 0. The number of nitrogens with one attached hydrogen (secondary N) is 1. The number of carbonyl (C=O) groups excluding carboxylic acids is 1. The molecule has 0 radical (unpaired) electrons. The molecule has 0 fully saturated rings. The molecule has 0 aliphatic rings. The lowest BCUT2D eigenvalue weighted by atomic mass is 10.3. The number of para-hydroxylation sites is 1. The summed E-state index contributed by atoms with van der Waals surface area (Å²) in [6, 6.07) is 13.1. The van der Waals surface area contributed by atoms with Crippen molar-refractivity contribution in [2.75, 3.05) is 26.9 Å². The zero-order valence-electron chi connectivity index (χ0n) is 12.8. The molecule has 1 N–H and O–H groups in total. The molecule has 2 aromatic rings. The van der Waals surface area contributed by atoms with Crippen LogP contribution in [0.2, 0.25) is 0 Å². The number of ether oxygens (including phenoxy) is 3. The van der Waals surface area contributed by atoms with E-state index in [9.17, 15) is 9.18 Å². The molecule has 5 nitrogen and oxygen atoms in total. The third kappa shape index (κ3) is 5.50. The van der Waals surface area contributed by atoms with Crippen molar-refractivity contribution in [2.45, 2.75) is 0 Å². The quantitative estimate of drug-likeness (QED) is 0.759. The maximum absolute atomic E-state index is 13.3. The van der Waals surface area contributed by atoms with Gasteiger partial charge in [-0.1, -0.05) is 12.1 Å². The molecule has 6 heteroatoms. The van der Waals surface area contributed by atoms with Crippen LogP contribution in [0.5, 0.6) is 17.2 Å². The van der Waals surface area contributed by atoms with Crippen molar-refractivity contribution in [3.63, 3.8) is 0 Å². The van der Waals surface area contributed by atoms with Gasteiger partial charge in [-0.2, -0.15) is 0 Å². The predicted molar refractivity (Wildman–Crippen MR) is 83.4 cm³/mol. The lowest BCUT2D eigenvalue weighted by molar-refractivity contribution is -0.123. The Bertz CT molecular complexity index is 631. The average molecular weight is 319 g/mol. The first-order valence-electron chi connectivity index (χ1n) is 7.10. The van der Waals surface area contributed by atoms with E-state index >= 15 is 0 Å². The Morgan fingerprint density at radius 1 is 1.04 bits per heavy atom. The lowest BCUT2D eigenvalue weighted by Gasteiger charge is -2.09. The molecular formula is C17H18FNO4. The topological polar surface area (TPSA) is 56.8 Å². The fourth-order valence-corrected chi connectivity index (χ4v) is 1.79. The normalized spacial score (nSPS) is 10.0. The van der Waals surface area contributed by atoms with Crippen molar-refractivity contribution in [2.24, 2.45) is 0 Å². The van der Waals surface area contributed by atoms with E-state index in [4.69, 9.17) is 14.2 Å². The van der Waals surface area contributed by atoms with Crippen LogP contribution in [0.25, 0.3) is 0 Å². The molecule has 0 aromatic heterocycles. The second-order valence-electron chi connectivity index (χ2n) is 4.59. The Morgan fingerprint density at radius 2 is 1.74 bits per heavy atom. The smallest absolute Gasteiger partial charge is 0.258 e. The van der Waals surface area contributed by atoms with Gasteiger partial charge in [0.25, 0.3) is 5.91 Å². The van der Waals surface area contributed by atoms with E-state index in [1.54, 1.807) is 43.5 Å². The molecule has 0 bridgehead atoms. The van der Waals surface area contributed by atoms with Crippen molar-refractivity contribution < 1.29 is 23.4 Å². The van der Waals surface area contributed by atoms with Crippen LogP contribution in [0.1, 0.15) is 0 Å². The minimum Gasteiger partial charge on any atom is -0.497 e. The molecule has 2 aromatic carbocycles. The van der Waals surface area contributed by atoms with E-state index < -0.39 is 5.82 Å². The van der Waals surface area contributed by atoms with E-state index in [1.807, 2.05) is 0 Å². The second kappa shape index (κ2) is 8.63. The van der Waals surface area contributed by atoms with E-state index in [0.29, 0.717) is 18.9 Å². The van der Waals surface area contributed by atoms with Crippen LogP contribution in [0.15, 0.2) is 48.5 Å². The first-order valence-corrected chi connectivity index (χ1v) is 7.10. The minimum atomic E-state index is -0.497. The van der Waals surface area contributed by atoms with Gasteiger partial charge in [-0.25, -0.2) is 4.39 Å². The molecule has 23 heavy (non-hydrogen) atoms. The van der Waals surface area contributed by atoms with Gasteiger partial charge in [0.2, 0.25) is 0 Å². The molecule has 0 unspecified atom stereocenters. The van der Waals surface area contributed by atoms with Crippen molar-refractivity contribution >= 4 is 5.91 Å². The number of hydrogen-bond donors (Lipinski definition) is 1. The van der Waals surface area contributed by atoms with E-state index in [-0.39, 0.29) is 18.3 Å². The Morgan fingerprint density at radius 3 is 2.43 bits per heavy atom. The maximum atomic E-state index is 13.3. The molecule has 0 saturated heterocycles. The summed E-state index contributed by atoms with van der Waals surface area (Å²) in [4.78, 5) is 11.6. The van der Waals surface area contributed by atoms with Crippen molar-refractivity contribution in [3.05, 3.63) is 54.3 Å². The predicted octanol–water partition coefficient (Wildman–Crippen LogP) is 2.41. The fourth-order valence-electron chi connectivity index (χ4n) is 1.79. The minimum absolute atomic E-state index is 0.0529. The molecule has 0 heterocycles. The third-order valence-corrected chi connectivity index (χ3v) is 2.95. The number of halogens is 1. The van der Waals surface area contributed by atoms with Crippen LogP contribution in [-0.2, 0) is 4.79 Å². The average Bonchev–Trinajstić information content (AvgIpc) is 2.58. The van der Waals surface area contributed by atoms with Gasteiger partial charge in [0, 0.05) is 0 Å². The largest absolute Gasteiger partial charge is 0.497 e. The number of hydrogen-bond acceptors (Lipinski definition) is 4. The summed E-state index contributed by atoms with van der Waals surface area (Å²) < 4.78 is 28.9. The van der Waals surface area contributed by atoms with Crippen LogP contribution in [0.4, 0.5) is 4.39 Å². The van der Waals surface area contributed by atoms with Gasteiger partial charge in [0.1, 0.15) is 18.1 Å². The van der Waals surface area contributed by atoms with Gasteiger partial charge in [-0.05, 0) is 36.4 Å². The maximum Gasteiger partial charge on any atom is 0.258 e. The van der Waals surface area contributed by atoms with Gasteiger partial charge in [0.15, 0.2) is 18.2 Å². The highest BCUT2D eigenvalue weighted by atomic mass is 19.1. The lowest BCUT2D eigenvalue weighted by Crippen LogP contribution is -2.32. The third-order valence-electron chi connectivity index (χ3n) is 2.95. The van der Waals surface area contributed by atoms with Gasteiger partial charge in [-0.3, -0.25) is 4.79 Å². The summed E-state index contributed by atoms with van der Waals surface area (Å²) >= 11 is 0. The number of methoxy groups -OCH3 is 1. The SMILES string of the molecule is COc1ccc(OCCNC(=O)COc2ccccc2F)cc1. The summed E-state index contributed by atoms with van der Waals surface area (Å²) in [5, 5.41) is 2.63. The molecule has 0 spiro atoms. The molecule has 2 rings (SSSR count). The van der Waals surface area contributed by atoms with Crippen LogP contribution >= 0.6 is 0 Å². The van der Waals surface area contributed by atoms with Crippen LogP contribution in [-0.4, -0.2) is 32.8 Å². The zero-order valence-corrected chi connectivity index (χ0v) is 12.8. The number of rotatable bonds is 8. The molecule has 0 saturated carbocycles. The van der Waals surface area contributed by atoms with Gasteiger partial charge >= 0.3 is 0 Å². The van der Waals surface area contributed by atoms with Crippen molar-refractivity contribution in [1.29, 1.82) is 0 Å². The Balaban J connectivity index is 1.63. The molecule has 0 atom stereocenters. The molecule has 1 amide bonds. The first-order chi connectivity index (χ1) is 11.2. The van der Waals surface area contributed by atoms with Crippen LogP contribution in [0, 0.1) is 5.82 Å². The molecular weight excluding hydrogens is 301 g/mol. The van der Waals surface area contributed by atoms with E-state index in [0.717, 1.165) is 5.75 Å². The van der Waals surface area contributed by atoms with Gasteiger partial charge < -0.3 is 19.5 Å². The molecule has 0 aliphatic heterocycles. The Labute approximate surface area is 134 Å². The summed E-state index contributed by atoms with van der Waals surface area (Å²) in [5.74, 6) is 0.644. The Hall–Kier alpha value is -2.76. The summed E-state index contributed by atoms with van der Waals surface area (Å²) in [6.07, 6.45) is 0. The molecule has 122 valence electrons. The second-order valence-corrected chi connectivity index (χ2v) is 4.59. The van der Waals surface area contributed by atoms with E-state index in [1.165, 1.54) is 12.1 Å². The van der Waals surface area contributed by atoms with Gasteiger partial charge in [-0.15, -0.1) is 0 Å². The number of amides is 1. The number of carbonyl (C=O) groups is 1. The first kappa shape index (κ1) is 16.6. The molecule has 0 aliphatic carbocycles. The monoisotopic (exact) mass is 319 g/mol.